The second-order valence-corrected chi connectivity index (χ2v) is 17.6. The third-order valence-corrected chi connectivity index (χ3v) is 13.8. The Balaban J connectivity index is 1.81. The minimum absolute atomic E-state index is 0.0483. The molecule has 1 atom stereocenters. The molecule has 0 aliphatic heterocycles. The predicted octanol–water partition coefficient (Wildman–Crippen LogP) is 5.91. The number of nitrogens with zero attached hydrogens (tertiary/aromatic N) is 1. The maximum Gasteiger partial charge on any atom is 0.213 e. The summed E-state index contributed by atoms with van der Waals surface area (Å²) in [4.78, 5) is 2.94. The van der Waals surface area contributed by atoms with Crippen molar-refractivity contribution in [2.75, 3.05) is 12.3 Å². The van der Waals surface area contributed by atoms with Gasteiger partial charge >= 0.3 is 0 Å². The van der Waals surface area contributed by atoms with Gasteiger partial charge in [0, 0.05) is 29.7 Å². The number of aromatic amines is 1. The molecule has 0 spiro atoms. The lowest BCUT2D eigenvalue weighted by Crippen LogP contribution is -2.57. The second kappa shape index (κ2) is 10.3. The van der Waals surface area contributed by atoms with E-state index >= 15 is 0 Å². The van der Waals surface area contributed by atoms with Crippen LogP contribution in [0, 0.1) is 22.7 Å². The number of sulfonamides is 1. The molecule has 0 saturated heterocycles. The standard InChI is InChI=1S/C25H33F3N3O3SSi/c1-16(31(32)36(5,6)25(2,3)4)15-35(33,34)29-12-11-20-21-13-19(27)14-22(28)24(21)30-23(20)17-7-9-18(26)10-8-17/h7-10,13-14,16,29-30H,11-12,15H2,1-6H3/q-1. The molecule has 3 aromatic rings. The van der Waals surface area contributed by atoms with Crippen molar-refractivity contribution >= 4 is 29.2 Å². The highest BCUT2D eigenvalue weighted by Gasteiger charge is 2.39. The molecule has 36 heavy (non-hydrogen) atoms. The summed E-state index contributed by atoms with van der Waals surface area (Å²) in [5.41, 5.74) is 1.58. The largest absolute Gasteiger partial charge is 0.792 e. The summed E-state index contributed by atoms with van der Waals surface area (Å²) < 4.78 is 70.9. The van der Waals surface area contributed by atoms with Gasteiger partial charge in [0.2, 0.25) is 10.0 Å². The highest BCUT2D eigenvalue weighted by atomic mass is 32.2. The zero-order valence-corrected chi connectivity index (χ0v) is 23.2. The van der Waals surface area contributed by atoms with Crippen molar-refractivity contribution in [2.24, 2.45) is 0 Å². The van der Waals surface area contributed by atoms with Gasteiger partial charge in [0.1, 0.15) is 25.7 Å². The van der Waals surface area contributed by atoms with Crippen LogP contribution in [0.25, 0.3) is 22.2 Å². The Hall–Kier alpha value is -2.18. The summed E-state index contributed by atoms with van der Waals surface area (Å²) >= 11 is 0. The van der Waals surface area contributed by atoms with Crippen molar-refractivity contribution in [1.29, 1.82) is 0 Å². The fraction of sp³-hybridized carbons (Fsp3) is 0.440. The number of aromatic nitrogens is 1. The van der Waals surface area contributed by atoms with E-state index in [-0.39, 0.29) is 34.7 Å². The topological polar surface area (TPSA) is 88.3 Å². The summed E-state index contributed by atoms with van der Waals surface area (Å²) in [5.74, 6) is -2.36. The first kappa shape index (κ1) is 28.4. The SMILES string of the molecule is CC(CS(=O)(=O)NCCc1c(-c2ccc(F)cc2)[nH]c2c(F)cc(F)cc12)N([O-])[Si](C)(C)C(C)(C)C. The van der Waals surface area contributed by atoms with Crippen molar-refractivity contribution in [3.05, 3.63) is 64.6 Å². The third kappa shape index (κ3) is 6.03. The number of halogens is 3. The molecule has 0 radical (unpaired) electrons. The maximum absolute atomic E-state index is 14.5. The third-order valence-electron chi connectivity index (χ3n) is 7.01. The quantitative estimate of drug-likeness (QED) is 0.261. The van der Waals surface area contributed by atoms with Crippen LogP contribution in [0.1, 0.15) is 33.3 Å². The van der Waals surface area contributed by atoms with E-state index < -0.39 is 41.8 Å². The van der Waals surface area contributed by atoms with Gasteiger partial charge in [-0.2, -0.15) is 0 Å². The van der Waals surface area contributed by atoms with E-state index in [0.29, 0.717) is 16.8 Å². The van der Waals surface area contributed by atoms with Crippen LogP contribution in [0.4, 0.5) is 13.2 Å². The maximum atomic E-state index is 14.5. The first-order valence-electron chi connectivity index (χ1n) is 11.7. The molecule has 1 heterocycles. The Bertz CT molecular complexity index is 1340. The van der Waals surface area contributed by atoms with Gasteiger partial charge in [-0.05, 0) is 59.8 Å². The molecule has 0 aliphatic rings. The van der Waals surface area contributed by atoms with Crippen LogP contribution in [0.2, 0.25) is 18.1 Å². The fourth-order valence-corrected chi connectivity index (χ4v) is 7.34. The average Bonchev–Trinajstić information content (AvgIpc) is 3.11. The first-order valence-corrected chi connectivity index (χ1v) is 16.3. The van der Waals surface area contributed by atoms with Crippen LogP contribution >= 0.6 is 0 Å². The summed E-state index contributed by atoms with van der Waals surface area (Å²) in [7, 11) is -6.27. The Kier molecular flexibility index (Phi) is 8.12. The van der Waals surface area contributed by atoms with E-state index in [1.54, 1.807) is 6.92 Å². The highest BCUT2D eigenvalue weighted by Crippen LogP contribution is 2.39. The number of nitrogens with one attached hydrogen (secondary N) is 2. The molecule has 1 aromatic heterocycles. The van der Waals surface area contributed by atoms with Crippen LogP contribution in [0.3, 0.4) is 0 Å². The number of hydroxylamine groups is 1. The Morgan fingerprint density at radius 2 is 1.69 bits per heavy atom. The van der Waals surface area contributed by atoms with Crippen LogP contribution in [0.5, 0.6) is 0 Å². The Morgan fingerprint density at radius 1 is 1.08 bits per heavy atom. The number of hydrogen-bond acceptors (Lipinski definition) is 4. The van der Waals surface area contributed by atoms with E-state index in [1.165, 1.54) is 30.3 Å². The number of hydrogen-bond donors (Lipinski definition) is 2. The van der Waals surface area contributed by atoms with Gasteiger partial charge in [-0.3, -0.25) is 0 Å². The van der Waals surface area contributed by atoms with E-state index in [9.17, 15) is 26.8 Å². The summed E-state index contributed by atoms with van der Waals surface area (Å²) in [6.45, 7) is 11.3. The van der Waals surface area contributed by atoms with Crippen LogP contribution in [-0.4, -0.2) is 44.7 Å². The molecule has 11 heteroatoms. The van der Waals surface area contributed by atoms with Gasteiger partial charge in [0.25, 0.3) is 0 Å². The summed E-state index contributed by atoms with van der Waals surface area (Å²) in [6.07, 6.45) is 0.118. The van der Waals surface area contributed by atoms with Crippen molar-refractivity contribution < 1.29 is 21.6 Å². The Labute approximate surface area is 211 Å². The molecule has 0 saturated carbocycles. The van der Waals surface area contributed by atoms with Gasteiger partial charge in [-0.1, -0.05) is 33.9 Å². The predicted molar refractivity (Wildman–Crippen MR) is 141 cm³/mol. The van der Waals surface area contributed by atoms with Gasteiger partial charge in [0.15, 0.2) is 0 Å². The second-order valence-electron chi connectivity index (χ2n) is 10.7. The molecular weight excluding hydrogens is 507 g/mol. The number of fused-ring (bicyclic) bond motifs is 1. The van der Waals surface area contributed by atoms with Crippen LogP contribution < -0.4 is 4.72 Å². The molecule has 0 amide bonds. The molecule has 6 nitrogen and oxygen atoms in total. The highest BCUT2D eigenvalue weighted by molar-refractivity contribution is 7.89. The zero-order chi connectivity index (χ0) is 27.1. The van der Waals surface area contributed by atoms with Crippen LogP contribution in [-0.2, 0) is 16.4 Å². The fourth-order valence-electron chi connectivity index (χ4n) is 4.05. The smallest absolute Gasteiger partial charge is 0.213 e. The molecule has 0 fully saturated rings. The lowest BCUT2D eigenvalue weighted by molar-refractivity contribution is 0.432. The Morgan fingerprint density at radius 3 is 2.28 bits per heavy atom. The first-order chi connectivity index (χ1) is 16.5. The lowest BCUT2D eigenvalue weighted by Gasteiger charge is -2.53. The number of rotatable bonds is 9. The van der Waals surface area contributed by atoms with Crippen molar-refractivity contribution in [3.63, 3.8) is 0 Å². The molecule has 2 aromatic carbocycles. The molecule has 0 bridgehead atoms. The molecule has 1 unspecified atom stereocenters. The normalized spacial score (nSPS) is 14.1. The van der Waals surface area contributed by atoms with Crippen molar-refractivity contribution in [2.45, 2.75) is 58.3 Å². The van der Waals surface area contributed by atoms with Crippen molar-refractivity contribution in [1.82, 2.24) is 14.4 Å². The number of H-pyrrole nitrogens is 1. The zero-order valence-electron chi connectivity index (χ0n) is 21.4. The molecule has 2 N–H and O–H groups in total. The lowest BCUT2D eigenvalue weighted by atomic mass is 10.0. The molecular formula is C25H33F3N3O3SSi-. The van der Waals surface area contributed by atoms with E-state index in [0.717, 1.165) is 10.8 Å². The molecule has 3 rings (SSSR count). The minimum atomic E-state index is -3.81. The molecule has 0 aliphatic carbocycles. The van der Waals surface area contributed by atoms with Gasteiger partial charge in [0.05, 0.1) is 11.3 Å². The van der Waals surface area contributed by atoms with Crippen molar-refractivity contribution in [3.8, 4) is 11.3 Å². The monoisotopic (exact) mass is 540 g/mol. The van der Waals surface area contributed by atoms with Gasteiger partial charge in [-0.15, -0.1) is 0 Å². The van der Waals surface area contributed by atoms with E-state index in [4.69, 9.17) is 0 Å². The summed E-state index contributed by atoms with van der Waals surface area (Å²) in [6, 6.07) is 6.72. The average molecular weight is 541 g/mol. The van der Waals surface area contributed by atoms with Crippen LogP contribution in [0.15, 0.2) is 36.4 Å². The molecule has 198 valence electrons. The minimum Gasteiger partial charge on any atom is -0.792 e. The summed E-state index contributed by atoms with van der Waals surface area (Å²) in [5, 5.41) is 13.0. The van der Waals surface area contributed by atoms with E-state index in [2.05, 4.69) is 9.71 Å². The van der Waals surface area contributed by atoms with Gasteiger partial charge in [-0.25, -0.2) is 26.3 Å². The number of benzene rings is 2. The van der Waals surface area contributed by atoms with Gasteiger partial charge < -0.3 is 14.9 Å². The van der Waals surface area contributed by atoms with E-state index in [1.807, 2.05) is 33.9 Å².